The van der Waals surface area contributed by atoms with Crippen LogP contribution in [-0.2, 0) is 11.8 Å². The molecule has 5 nitrogen and oxygen atoms in total. The van der Waals surface area contributed by atoms with Gasteiger partial charge in [-0.1, -0.05) is 41.9 Å². The number of halogens is 1. The van der Waals surface area contributed by atoms with Gasteiger partial charge in [0.1, 0.15) is 5.70 Å². The molecule has 0 unspecified atom stereocenters. The third-order valence-corrected chi connectivity index (χ3v) is 5.80. The summed E-state index contributed by atoms with van der Waals surface area (Å²) in [5.74, 6) is -0.555. The van der Waals surface area contributed by atoms with Crippen molar-refractivity contribution in [3.8, 4) is 0 Å². The average molecular weight is 422 g/mol. The highest BCUT2D eigenvalue weighted by atomic mass is 35.5. The molecule has 4 rings (SSSR count). The second-order valence-electron chi connectivity index (χ2n) is 7.56. The van der Waals surface area contributed by atoms with E-state index in [-0.39, 0.29) is 11.6 Å². The highest BCUT2D eigenvalue weighted by molar-refractivity contribution is 6.34. The number of para-hydroxylation sites is 1. The Labute approximate surface area is 180 Å². The van der Waals surface area contributed by atoms with E-state index >= 15 is 0 Å². The minimum atomic E-state index is -0.391. The molecular formula is C24H24ClN3O2. The molecule has 2 heterocycles. The van der Waals surface area contributed by atoms with Crippen LogP contribution in [0.1, 0.15) is 35.2 Å². The zero-order valence-electron chi connectivity index (χ0n) is 16.9. The summed E-state index contributed by atoms with van der Waals surface area (Å²) in [7, 11) is 1.97. The second-order valence-corrected chi connectivity index (χ2v) is 7.96. The van der Waals surface area contributed by atoms with Gasteiger partial charge in [0.15, 0.2) is 0 Å². The Kier molecular flexibility index (Phi) is 5.91. The van der Waals surface area contributed by atoms with Crippen molar-refractivity contribution in [2.24, 2.45) is 7.05 Å². The number of benzene rings is 2. The first-order chi connectivity index (χ1) is 14.5. The van der Waals surface area contributed by atoms with Crippen molar-refractivity contribution in [3.63, 3.8) is 0 Å². The summed E-state index contributed by atoms with van der Waals surface area (Å²) >= 11 is 6.19. The molecule has 1 aromatic heterocycles. The lowest BCUT2D eigenvalue weighted by Gasteiger charge is -2.27. The highest BCUT2D eigenvalue weighted by Crippen LogP contribution is 2.24. The maximum atomic E-state index is 13.3. The molecule has 3 aromatic rings. The van der Waals surface area contributed by atoms with Gasteiger partial charge in [0.2, 0.25) is 0 Å². The number of aromatic nitrogens is 1. The zero-order chi connectivity index (χ0) is 21.1. The first kappa shape index (κ1) is 20.2. The molecule has 1 fully saturated rings. The van der Waals surface area contributed by atoms with Crippen molar-refractivity contribution >= 4 is 40.4 Å². The fourth-order valence-corrected chi connectivity index (χ4v) is 4.12. The Morgan fingerprint density at radius 1 is 1.00 bits per heavy atom. The van der Waals surface area contributed by atoms with Crippen LogP contribution in [0.25, 0.3) is 17.0 Å². The van der Waals surface area contributed by atoms with Crippen LogP contribution in [0.5, 0.6) is 0 Å². The number of nitrogens with one attached hydrogen (secondary N) is 1. The molecule has 1 saturated heterocycles. The monoisotopic (exact) mass is 421 g/mol. The summed E-state index contributed by atoms with van der Waals surface area (Å²) in [6.45, 7) is 1.40. The molecule has 154 valence electrons. The van der Waals surface area contributed by atoms with Crippen LogP contribution in [0.4, 0.5) is 0 Å². The van der Waals surface area contributed by atoms with Gasteiger partial charge in [-0.3, -0.25) is 9.59 Å². The van der Waals surface area contributed by atoms with Crippen molar-refractivity contribution in [2.45, 2.75) is 19.3 Å². The van der Waals surface area contributed by atoms with Crippen LogP contribution < -0.4 is 5.32 Å². The van der Waals surface area contributed by atoms with E-state index in [0.717, 1.165) is 35.7 Å². The molecule has 2 aromatic carbocycles. The van der Waals surface area contributed by atoms with E-state index in [1.165, 1.54) is 0 Å². The number of hydrogen-bond acceptors (Lipinski definition) is 2. The Morgan fingerprint density at radius 2 is 1.70 bits per heavy atom. The number of piperidine rings is 1. The normalized spacial score (nSPS) is 14.7. The Bertz CT molecular complexity index is 1130. The summed E-state index contributed by atoms with van der Waals surface area (Å²) in [5, 5.41) is 4.21. The fourth-order valence-electron chi connectivity index (χ4n) is 3.90. The van der Waals surface area contributed by atoms with Crippen LogP contribution in [0, 0.1) is 0 Å². The van der Waals surface area contributed by atoms with Gasteiger partial charge in [-0.15, -0.1) is 0 Å². The molecular weight excluding hydrogens is 398 g/mol. The van der Waals surface area contributed by atoms with Crippen LogP contribution in [-0.4, -0.2) is 34.4 Å². The van der Waals surface area contributed by atoms with Gasteiger partial charge in [0, 0.05) is 42.8 Å². The maximum Gasteiger partial charge on any atom is 0.270 e. The van der Waals surface area contributed by atoms with Gasteiger partial charge in [0.05, 0.1) is 10.6 Å². The number of fused-ring (bicyclic) bond motifs is 1. The van der Waals surface area contributed by atoms with Gasteiger partial charge in [-0.25, -0.2) is 0 Å². The van der Waals surface area contributed by atoms with E-state index < -0.39 is 5.91 Å². The minimum absolute atomic E-state index is 0.164. The summed E-state index contributed by atoms with van der Waals surface area (Å²) < 4.78 is 2.01. The van der Waals surface area contributed by atoms with Gasteiger partial charge in [-0.2, -0.15) is 0 Å². The molecule has 1 aliphatic heterocycles. The molecule has 0 spiro atoms. The van der Waals surface area contributed by atoms with Gasteiger partial charge in [-0.05, 0) is 43.5 Å². The summed E-state index contributed by atoms with van der Waals surface area (Å²) in [4.78, 5) is 28.0. The standard InChI is InChI=1S/C24H24ClN3O2/c1-27-16-17(18-9-4-6-12-22(18)27)15-21(24(30)28-13-7-2-8-14-28)26-23(29)19-10-3-5-11-20(19)25/h3-6,9-12,15-16H,2,7-8,13-14H2,1H3,(H,26,29). The number of likely N-dealkylation sites (tertiary alicyclic amines) is 1. The first-order valence-electron chi connectivity index (χ1n) is 10.2. The van der Waals surface area contributed by atoms with E-state index in [4.69, 9.17) is 11.6 Å². The van der Waals surface area contributed by atoms with E-state index in [0.29, 0.717) is 23.7 Å². The van der Waals surface area contributed by atoms with E-state index in [2.05, 4.69) is 5.32 Å². The predicted molar refractivity (Wildman–Crippen MR) is 120 cm³/mol. The van der Waals surface area contributed by atoms with E-state index in [1.54, 1.807) is 30.3 Å². The lowest BCUT2D eigenvalue weighted by Crippen LogP contribution is -2.41. The van der Waals surface area contributed by atoms with Gasteiger partial charge >= 0.3 is 0 Å². The fraction of sp³-hybridized carbons (Fsp3) is 0.250. The van der Waals surface area contributed by atoms with Crippen molar-refractivity contribution in [2.75, 3.05) is 13.1 Å². The highest BCUT2D eigenvalue weighted by Gasteiger charge is 2.23. The minimum Gasteiger partial charge on any atom is -0.350 e. The first-order valence-corrected chi connectivity index (χ1v) is 10.5. The third kappa shape index (κ3) is 4.12. The summed E-state index contributed by atoms with van der Waals surface area (Å²) in [6.07, 6.45) is 6.82. The molecule has 6 heteroatoms. The Morgan fingerprint density at radius 3 is 2.47 bits per heavy atom. The molecule has 0 saturated carbocycles. The van der Waals surface area contributed by atoms with Gasteiger partial charge in [0.25, 0.3) is 11.8 Å². The molecule has 0 aliphatic carbocycles. The molecule has 0 atom stereocenters. The van der Waals surface area contributed by atoms with Crippen LogP contribution >= 0.6 is 11.6 Å². The van der Waals surface area contributed by atoms with Crippen LogP contribution in [0.15, 0.2) is 60.4 Å². The number of carbonyl (C=O) groups excluding carboxylic acids is 2. The quantitative estimate of drug-likeness (QED) is 0.625. The van der Waals surface area contributed by atoms with E-state index in [9.17, 15) is 9.59 Å². The number of rotatable bonds is 4. The summed E-state index contributed by atoms with van der Waals surface area (Å²) in [5.41, 5.74) is 2.55. The molecule has 1 aliphatic rings. The van der Waals surface area contributed by atoms with Crippen LogP contribution in [0.3, 0.4) is 0 Å². The Hall–Kier alpha value is -3.05. The lowest BCUT2D eigenvalue weighted by molar-refractivity contribution is -0.128. The zero-order valence-corrected chi connectivity index (χ0v) is 17.7. The third-order valence-electron chi connectivity index (χ3n) is 5.47. The largest absolute Gasteiger partial charge is 0.350 e. The van der Waals surface area contributed by atoms with Crippen molar-refractivity contribution in [1.82, 2.24) is 14.8 Å². The molecule has 30 heavy (non-hydrogen) atoms. The van der Waals surface area contributed by atoms with Crippen molar-refractivity contribution in [1.29, 1.82) is 0 Å². The molecule has 0 bridgehead atoms. The number of aryl methyl sites for hydroxylation is 1. The van der Waals surface area contributed by atoms with Gasteiger partial charge < -0.3 is 14.8 Å². The lowest BCUT2D eigenvalue weighted by atomic mass is 10.1. The number of amides is 2. The summed E-state index contributed by atoms with van der Waals surface area (Å²) in [6, 6.07) is 14.8. The average Bonchev–Trinajstić information content (AvgIpc) is 3.09. The van der Waals surface area contributed by atoms with Crippen molar-refractivity contribution < 1.29 is 9.59 Å². The number of hydrogen-bond donors (Lipinski definition) is 1. The maximum absolute atomic E-state index is 13.3. The Balaban J connectivity index is 1.73. The SMILES string of the molecule is Cn1cc(C=C(NC(=O)c2ccccc2Cl)C(=O)N2CCCCC2)c2ccccc21. The topological polar surface area (TPSA) is 54.3 Å². The molecule has 2 amide bonds. The number of nitrogens with zero attached hydrogens (tertiary/aromatic N) is 2. The predicted octanol–water partition coefficient (Wildman–Crippen LogP) is 4.62. The van der Waals surface area contributed by atoms with Crippen LogP contribution in [0.2, 0.25) is 5.02 Å². The van der Waals surface area contributed by atoms with E-state index in [1.807, 2.05) is 47.0 Å². The second kappa shape index (κ2) is 8.76. The van der Waals surface area contributed by atoms with Crippen molar-refractivity contribution in [3.05, 3.63) is 76.6 Å². The number of carbonyl (C=O) groups is 2. The smallest absolute Gasteiger partial charge is 0.270 e. The molecule has 1 N–H and O–H groups in total. The molecule has 0 radical (unpaired) electrons.